The van der Waals surface area contributed by atoms with Crippen molar-refractivity contribution in [2.75, 3.05) is 13.2 Å². The van der Waals surface area contributed by atoms with Crippen molar-refractivity contribution in [2.45, 2.75) is 32.0 Å². The van der Waals surface area contributed by atoms with Crippen molar-refractivity contribution in [3.05, 3.63) is 59.7 Å². The Morgan fingerprint density at radius 2 is 2.08 bits per heavy atom. The van der Waals surface area contributed by atoms with Crippen LogP contribution in [0.25, 0.3) is 0 Å². The lowest BCUT2D eigenvalue weighted by atomic mass is 10.2. The highest BCUT2D eigenvalue weighted by Gasteiger charge is 2.16. The summed E-state index contributed by atoms with van der Waals surface area (Å²) in [5, 5.41) is 5.69. The van der Waals surface area contributed by atoms with Crippen LogP contribution in [0.3, 0.4) is 0 Å². The maximum absolute atomic E-state index is 13.0. The lowest BCUT2D eigenvalue weighted by Gasteiger charge is -2.13. The topological polar surface area (TPSA) is 55.3 Å². The van der Waals surface area contributed by atoms with E-state index in [0.29, 0.717) is 19.6 Å². The van der Waals surface area contributed by atoms with Gasteiger partial charge >= 0.3 is 6.03 Å². The van der Waals surface area contributed by atoms with Gasteiger partial charge in [-0.25, -0.2) is 9.18 Å². The van der Waals surface area contributed by atoms with Crippen molar-refractivity contribution >= 4 is 6.03 Å². The van der Waals surface area contributed by atoms with Gasteiger partial charge in [-0.1, -0.05) is 12.1 Å². The van der Waals surface area contributed by atoms with Crippen molar-refractivity contribution in [1.82, 2.24) is 15.2 Å². The van der Waals surface area contributed by atoms with E-state index in [9.17, 15) is 9.18 Å². The number of benzene rings is 1. The number of nitrogens with one attached hydrogen (secondary N) is 2. The zero-order valence-electron chi connectivity index (χ0n) is 13.5. The molecular weight excluding hydrogens is 309 g/mol. The molecular formula is C18H22FN3O2. The second-order valence-corrected chi connectivity index (χ2v) is 5.95. The van der Waals surface area contributed by atoms with E-state index in [1.165, 1.54) is 12.1 Å². The Morgan fingerprint density at radius 3 is 2.83 bits per heavy atom. The Kier molecular flexibility index (Phi) is 5.48. The van der Waals surface area contributed by atoms with Crippen molar-refractivity contribution < 1.29 is 13.9 Å². The number of ether oxygens (including phenoxy) is 1. The Morgan fingerprint density at radius 1 is 1.25 bits per heavy atom. The molecule has 0 spiro atoms. The second-order valence-electron chi connectivity index (χ2n) is 5.95. The van der Waals surface area contributed by atoms with Crippen molar-refractivity contribution in [2.24, 2.45) is 0 Å². The molecule has 0 aliphatic carbocycles. The monoisotopic (exact) mass is 331 g/mol. The Bertz CT molecular complexity index is 663. The Labute approximate surface area is 140 Å². The molecule has 0 saturated carbocycles. The third-order valence-electron chi connectivity index (χ3n) is 4.13. The maximum atomic E-state index is 13.0. The van der Waals surface area contributed by atoms with Crippen LogP contribution in [0.5, 0.6) is 0 Å². The summed E-state index contributed by atoms with van der Waals surface area (Å²) in [5.74, 6) is -0.240. The molecule has 2 aromatic rings. The number of hydrogen-bond donors (Lipinski definition) is 2. The summed E-state index contributed by atoms with van der Waals surface area (Å²) in [7, 11) is 0. The highest BCUT2D eigenvalue weighted by molar-refractivity contribution is 5.73. The van der Waals surface area contributed by atoms with Gasteiger partial charge in [0, 0.05) is 31.6 Å². The second kappa shape index (κ2) is 7.97. The van der Waals surface area contributed by atoms with E-state index in [2.05, 4.69) is 10.6 Å². The Balaban J connectivity index is 1.47. The van der Waals surface area contributed by atoms with Crippen LogP contribution in [0.1, 0.15) is 24.1 Å². The maximum Gasteiger partial charge on any atom is 0.315 e. The number of amides is 2. The van der Waals surface area contributed by atoms with Gasteiger partial charge in [0.25, 0.3) is 0 Å². The van der Waals surface area contributed by atoms with Gasteiger partial charge in [-0.3, -0.25) is 0 Å². The van der Waals surface area contributed by atoms with E-state index >= 15 is 0 Å². The first-order valence-corrected chi connectivity index (χ1v) is 8.22. The van der Waals surface area contributed by atoms with Gasteiger partial charge in [-0.15, -0.1) is 0 Å². The highest BCUT2D eigenvalue weighted by atomic mass is 19.1. The van der Waals surface area contributed by atoms with Gasteiger partial charge in [0.1, 0.15) is 5.82 Å². The summed E-state index contributed by atoms with van der Waals surface area (Å²) in [5.41, 5.74) is 2.00. The van der Waals surface area contributed by atoms with E-state index in [0.717, 1.165) is 30.7 Å². The summed E-state index contributed by atoms with van der Waals surface area (Å²) in [6.07, 6.45) is 4.15. The van der Waals surface area contributed by atoms with E-state index in [-0.39, 0.29) is 18.0 Å². The average molecular weight is 331 g/mol. The predicted molar refractivity (Wildman–Crippen MR) is 89.1 cm³/mol. The summed E-state index contributed by atoms with van der Waals surface area (Å²) in [4.78, 5) is 11.9. The zero-order chi connectivity index (χ0) is 16.8. The summed E-state index contributed by atoms with van der Waals surface area (Å²) in [6.45, 7) is 2.40. The summed E-state index contributed by atoms with van der Waals surface area (Å²) in [6, 6.07) is 10.1. The molecule has 2 amide bonds. The van der Waals surface area contributed by atoms with Crippen LogP contribution in [-0.4, -0.2) is 29.9 Å². The van der Waals surface area contributed by atoms with Crippen LogP contribution in [0, 0.1) is 5.82 Å². The molecule has 128 valence electrons. The number of urea groups is 1. The number of aromatic nitrogens is 1. The molecule has 1 aromatic heterocycles. The third kappa shape index (κ3) is 4.58. The average Bonchev–Trinajstić information content (AvgIpc) is 3.25. The molecule has 1 aliphatic heterocycles. The molecule has 3 rings (SSSR count). The molecule has 1 saturated heterocycles. The fourth-order valence-corrected chi connectivity index (χ4v) is 2.80. The smallest absolute Gasteiger partial charge is 0.315 e. The number of halogens is 1. The number of hydrogen-bond acceptors (Lipinski definition) is 2. The zero-order valence-corrected chi connectivity index (χ0v) is 13.5. The van der Waals surface area contributed by atoms with Crippen molar-refractivity contribution in [3.8, 4) is 0 Å². The number of carbonyl (C=O) groups is 1. The molecule has 5 nitrogen and oxygen atoms in total. The molecule has 1 atom stereocenters. The van der Waals surface area contributed by atoms with Crippen LogP contribution < -0.4 is 10.6 Å². The molecule has 0 radical (unpaired) electrons. The molecule has 1 fully saturated rings. The van der Waals surface area contributed by atoms with Gasteiger partial charge in [-0.05, 0) is 42.7 Å². The van der Waals surface area contributed by atoms with Gasteiger partial charge in [-0.2, -0.15) is 0 Å². The minimum Gasteiger partial charge on any atom is -0.376 e. The first kappa shape index (κ1) is 16.5. The molecule has 2 N–H and O–H groups in total. The molecule has 0 unspecified atom stereocenters. The normalized spacial score (nSPS) is 17.0. The highest BCUT2D eigenvalue weighted by Crippen LogP contribution is 2.11. The molecule has 2 heterocycles. The fourth-order valence-electron chi connectivity index (χ4n) is 2.80. The first-order valence-electron chi connectivity index (χ1n) is 8.22. The van der Waals surface area contributed by atoms with Crippen LogP contribution in [-0.2, 0) is 17.8 Å². The van der Waals surface area contributed by atoms with Gasteiger partial charge in [0.2, 0.25) is 0 Å². The van der Waals surface area contributed by atoms with Crippen LogP contribution in [0.2, 0.25) is 0 Å². The lowest BCUT2D eigenvalue weighted by Crippen LogP contribution is -2.39. The molecule has 1 aromatic carbocycles. The fraction of sp³-hybridized carbons (Fsp3) is 0.389. The molecule has 1 aliphatic rings. The SMILES string of the molecule is O=C(NCc1cccn1Cc1ccc(F)cc1)NC[C@H]1CCCO1. The standard InChI is InChI=1S/C18H22FN3O2/c19-15-7-5-14(6-8-15)13-22-9-1-3-16(22)11-20-18(23)21-12-17-4-2-10-24-17/h1,3,5-9,17H,2,4,10-13H2,(H2,20,21,23)/t17-/m1/s1. The van der Waals surface area contributed by atoms with Crippen LogP contribution in [0.4, 0.5) is 9.18 Å². The molecule has 0 bridgehead atoms. The van der Waals surface area contributed by atoms with Crippen molar-refractivity contribution in [3.63, 3.8) is 0 Å². The third-order valence-corrected chi connectivity index (χ3v) is 4.13. The summed E-state index contributed by atoms with van der Waals surface area (Å²) >= 11 is 0. The number of carbonyl (C=O) groups excluding carboxylic acids is 1. The Hall–Kier alpha value is -2.34. The van der Waals surface area contributed by atoms with Crippen LogP contribution >= 0.6 is 0 Å². The molecule has 24 heavy (non-hydrogen) atoms. The first-order chi connectivity index (χ1) is 11.7. The van der Waals surface area contributed by atoms with E-state index in [4.69, 9.17) is 4.74 Å². The molecule has 6 heteroatoms. The number of rotatable bonds is 6. The van der Waals surface area contributed by atoms with Crippen LogP contribution in [0.15, 0.2) is 42.6 Å². The van der Waals surface area contributed by atoms with E-state index < -0.39 is 0 Å². The van der Waals surface area contributed by atoms with Crippen molar-refractivity contribution in [1.29, 1.82) is 0 Å². The lowest BCUT2D eigenvalue weighted by molar-refractivity contribution is 0.111. The largest absolute Gasteiger partial charge is 0.376 e. The number of nitrogens with zero attached hydrogens (tertiary/aromatic N) is 1. The van der Waals surface area contributed by atoms with Gasteiger partial charge < -0.3 is 19.9 Å². The predicted octanol–water partition coefficient (Wildman–Crippen LogP) is 2.65. The minimum absolute atomic E-state index is 0.137. The minimum atomic E-state index is -0.240. The van der Waals surface area contributed by atoms with Gasteiger partial charge in [0.15, 0.2) is 0 Å². The van der Waals surface area contributed by atoms with E-state index in [1.807, 2.05) is 22.9 Å². The quantitative estimate of drug-likeness (QED) is 0.855. The van der Waals surface area contributed by atoms with E-state index in [1.54, 1.807) is 12.1 Å². The van der Waals surface area contributed by atoms with Gasteiger partial charge in [0.05, 0.1) is 12.6 Å². The summed E-state index contributed by atoms with van der Waals surface area (Å²) < 4.78 is 20.5.